The molecule has 0 radical (unpaired) electrons. The Kier molecular flexibility index (Phi) is 4.91. The fourth-order valence-electron chi connectivity index (χ4n) is 2.21. The van der Waals surface area contributed by atoms with Gasteiger partial charge in [-0.3, -0.25) is 9.00 Å². The van der Waals surface area contributed by atoms with Crippen LogP contribution < -0.4 is 0 Å². The molecule has 0 aliphatic heterocycles. The summed E-state index contributed by atoms with van der Waals surface area (Å²) in [5.41, 5.74) is 3.90. The van der Waals surface area contributed by atoms with Crippen LogP contribution in [0.15, 0.2) is 47.4 Å². The fraction of sp³-hybridized carbons (Fsp3) is 0.235. The van der Waals surface area contributed by atoms with Gasteiger partial charge in [0.05, 0.1) is 23.0 Å². The maximum Gasteiger partial charge on any atom is 0.307 e. The minimum atomic E-state index is -1.09. The highest BCUT2D eigenvalue weighted by atomic mass is 32.2. The summed E-state index contributed by atoms with van der Waals surface area (Å²) in [5.74, 6) is -0.404. The molecule has 0 saturated heterocycles. The van der Waals surface area contributed by atoms with E-state index in [0.29, 0.717) is 5.75 Å². The normalized spacial score (nSPS) is 12.1. The molecule has 110 valence electrons. The number of hydrogen-bond acceptors (Lipinski definition) is 2. The van der Waals surface area contributed by atoms with Crippen LogP contribution in [0, 0.1) is 13.8 Å². The Morgan fingerprint density at radius 1 is 1.05 bits per heavy atom. The summed E-state index contributed by atoms with van der Waals surface area (Å²) < 4.78 is 12.4. The molecule has 0 bridgehead atoms. The summed E-state index contributed by atoms with van der Waals surface area (Å²) in [7, 11) is -1.09. The summed E-state index contributed by atoms with van der Waals surface area (Å²) >= 11 is 0. The number of aryl methyl sites for hydroxylation is 2. The number of carboxylic acid groups (broad SMARTS) is 1. The van der Waals surface area contributed by atoms with Crippen molar-refractivity contribution in [3.8, 4) is 0 Å². The van der Waals surface area contributed by atoms with E-state index in [4.69, 9.17) is 5.11 Å². The fourth-order valence-corrected chi connectivity index (χ4v) is 3.50. The molecule has 2 aromatic carbocycles. The second kappa shape index (κ2) is 6.68. The molecule has 0 fully saturated rings. The van der Waals surface area contributed by atoms with Gasteiger partial charge in [-0.15, -0.1) is 0 Å². The van der Waals surface area contributed by atoms with Gasteiger partial charge in [-0.05, 0) is 36.6 Å². The van der Waals surface area contributed by atoms with Crippen molar-refractivity contribution in [2.24, 2.45) is 0 Å². The lowest BCUT2D eigenvalue weighted by Gasteiger charge is -2.07. The van der Waals surface area contributed by atoms with E-state index < -0.39 is 16.8 Å². The highest BCUT2D eigenvalue weighted by Gasteiger charge is 2.09. The molecule has 0 aliphatic carbocycles. The second-order valence-electron chi connectivity index (χ2n) is 5.15. The van der Waals surface area contributed by atoms with Crippen LogP contribution in [-0.4, -0.2) is 15.3 Å². The lowest BCUT2D eigenvalue weighted by atomic mass is 10.1. The van der Waals surface area contributed by atoms with E-state index in [9.17, 15) is 9.00 Å². The lowest BCUT2D eigenvalue weighted by Crippen LogP contribution is -2.01. The number of carbonyl (C=O) groups is 1. The molecular weight excluding hydrogens is 284 g/mol. The summed E-state index contributed by atoms with van der Waals surface area (Å²) in [6, 6.07) is 13.2. The maximum atomic E-state index is 12.4. The Balaban J connectivity index is 2.10. The van der Waals surface area contributed by atoms with Crippen molar-refractivity contribution in [1.29, 1.82) is 0 Å². The van der Waals surface area contributed by atoms with Gasteiger partial charge in [0.15, 0.2) is 0 Å². The van der Waals surface area contributed by atoms with E-state index >= 15 is 0 Å². The van der Waals surface area contributed by atoms with Crippen LogP contribution in [0.5, 0.6) is 0 Å². The minimum absolute atomic E-state index is 0.0143. The molecule has 0 aliphatic rings. The van der Waals surface area contributed by atoms with Gasteiger partial charge in [-0.25, -0.2) is 0 Å². The van der Waals surface area contributed by atoms with Gasteiger partial charge in [0.2, 0.25) is 0 Å². The molecule has 0 spiro atoms. The van der Waals surface area contributed by atoms with Gasteiger partial charge in [-0.1, -0.05) is 42.0 Å². The van der Waals surface area contributed by atoms with Crippen molar-refractivity contribution in [1.82, 2.24) is 0 Å². The summed E-state index contributed by atoms with van der Waals surface area (Å²) in [6.45, 7) is 3.98. The number of carboxylic acids is 1. The Bertz CT molecular complexity index is 675. The third-order valence-corrected chi connectivity index (χ3v) is 4.80. The summed E-state index contributed by atoms with van der Waals surface area (Å²) in [6.07, 6.45) is 0.0143. The molecule has 2 aromatic rings. The molecule has 0 saturated carbocycles. The van der Waals surface area contributed by atoms with Crippen LogP contribution in [0.2, 0.25) is 0 Å². The van der Waals surface area contributed by atoms with Crippen molar-refractivity contribution in [3.63, 3.8) is 0 Å². The van der Waals surface area contributed by atoms with Gasteiger partial charge in [0.1, 0.15) is 0 Å². The van der Waals surface area contributed by atoms with E-state index in [0.717, 1.165) is 27.1 Å². The Morgan fingerprint density at radius 2 is 1.67 bits per heavy atom. The summed E-state index contributed by atoms with van der Waals surface area (Å²) in [4.78, 5) is 11.5. The molecule has 0 heterocycles. The average Bonchev–Trinajstić information content (AvgIpc) is 2.40. The third kappa shape index (κ3) is 4.26. The summed E-state index contributed by atoms with van der Waals surface area (Å²) in [5, 5.41) is 8.73. The number of hydrogen-bond donors (Lipinski definition) is 1. The average molecular weight is 302 g/mol. The molecule has 0 aromatic heterocycles. The second-order valence-corrected chi connectivity index (χ2v) is 6.57. The van der Waals surface area contributed by atoms with E-state index in [-0.39, 0.29) is 6.42 Å². The van der Waals surface area contributed by atoms with E-state index in [2.05, 4.69) is 0 Å². The van der Waals surface area contributed by atoms with Gasteiger partial charge >= 0.3 is 5.97 Å². The first-order chi connectivity index (χ1) is 9.95. The monoisotopic (exact) mass is 302 g/mol. The zero-order valence-corrected chi connectivity index (χ0v) is 12.9. The Hall–Kier alpha value is -1.94. The molecule has 0 amide bonds. The Morgan fingerprint density at radius 3 is 2.24 bits per heavy atom. The topological polar surface area (TPSA) is 54.4 Å². The van der Waals surface area contributed by atoms with Crippen LogP contribution >= 0.6 is 0 Å². The van der Waals surface area contributed by atoms with Gasteiger partial charge in [0.25, 0.3) is 0 Å². The molecule has 21 heavy (non-hydrogen) atoms. The molecular formula is C17H18O3S. The van der Waals surface area contributed by atoms with Gasteiger partial charge in [-0.2, -0.15) is 0 Å². The minimum Gasteiger partial charge on any atom is -0.481 e. The largest absolute Gasteiger partial charge is 0.481 e. The Labute approximate surface area is 127 Å². The van der Waals surface area contributed by atoms with Crippen molar-refractivity contribution in [3.05, 3.63) is 64.7 Å². The molecule has 2 rings (SSSR count). The van der Waals surface area contributed by atoms with Crippen LogP contribution in [-0.2, 0) is 27.8 Å². The first-order valence-corrected chi connectivity index (χ1v) is 8.03. The molecule has 1 atom stereocenters. The highest BCUT2D eigenvalue weighted by molar-refractivity contribution is 7.84. The smallest absolute Gasteiger partial charge is 0.307 e. The van der Waals surface area contributed by atoms with Crippen molar-refractivity contribution in [2.45, 2.75) is 30.9 Å². The first-order valence-electron chi connectivity index (χ1n) is 6.71. The van der Waals surface area contributed by atoms with Crippen LogP contribution in [0.3, 0.4) is 0 Å². The molecule has 1 unspecified atom stereocenters. The predicted molar refractivity (Wildman–Crippen MR) is 83.8 cm³/mol. The van der Waals surface area contributed by atoms with Crippen LogP contribution in [0.1, 0.15) is 22.3 Å². The number of rotatable bonds is 5. The quantitative estimate of drug-likeness (QED) is 0.922. The molecule has 1 N–H and O–H groups in total. The lowest BCUT2D eigenvalue weighted by molar-refractivity contribution is -0.136. The maximum absolute atomic E-state index is 12.4. The van der Waals surface area contributed by atoms with Crippen LogP contribution in [0.25, 0.3) is 0 Å². The zero-order chi connectivity index (χ0) is 15.4. The van der Waals surface area contributed by atoms with Crippen LogP contribution in [0.4, 0.5) is 0 Å². The van der Waals surface area contributed by atoms with E-state index in [1.807, 2.05) is 44.2 Å². The van der Waals surface area contributed by atoms with E-state index in [1.54, 1.807) is 12.1 Å². The predicted octanol–water partition coefficient (Wildman–Crippen LogP) is 3.24. The zero-order valence-electron chi connectivity index (χ0n) is 12.1. The van der Waals surface area contributed by atoms with Gasteiger partial charge < -0.3 is 5.11 Å². The SMILES string of the molecule is Cc1ccc(S(=O)Cc2ccc(CC(=O)O)cc2)c(C)c1. The highest BCUT2D eigenvalue weighted by Crippen LogP contribution is 2.18. The van der Waals surface area contributed by atoms with Gasteiger partial charge in [0, 0.05) is 4.90 Å². The third-order valence-electron chi connectivity index (χ3n) is 3.25. The number of aliphatic carboxylic acids is 1. The first kappa shape index (κ1) is 15.4. The molecule has 4 heteroatoms. The van der Waals surface area contributed by atoms with Crippen molar-refractivity contribution in [2.75, 3.05) is 0 Å². The standard InChI is InChI=1S/C17H18O3S/c1-12-3-8-16(13(2)9-12)21(20)11-15-6-4-14(5-7-15)10-17(18)19/h3-9H,10-11H2,1-2H3,(H,18,19). The number of benzene rings is 2. The van der Waals surface area contributed by atoms with Crippen molar-refractivity contribution >= 4 is 16.8 Å². The molecule has 3 nitrogen and oxygen atoms in total. The van der Waals surface area contributed by atoms with E-state index in [1.165, 1.54) is 0 Å². The van der Waals surface area contributed by atoms with Crippen molar-refractivity contribution < 1.29 is 14.1 Å².